The molecule has 6 heteroatoms. The lowest BCUT2D eigenvalue weighted by Gasteiger charge is -2.18. The normalized spacial score (nSPS) is 12.5. The molecule has 0 rings (SSSR count). The summed E-state index contributed by atoms with van der Waals surface area (Å²) in [7, 11) is 0. The first kappa shape index (κ1) is 60.4. The van der Waals surface area contributed by atoms with Crippen molar-refractivity contribution in [2.45, 2.75) is 317 Å². The molecule has 0 aliphatic heterocycles. The second-order valence-corrected chi connectivity index (χ2v) is 19.9. The number of carbonyl (C=O) groups is 3. The standard InChI is InChI=1S/C56H108O6/c1-6-8-9-10-11-12-26-33-38-43-48-56(59)62-53(50-61-55(58)47-42-37-32-28-23-19-15-16-20-24-29-34-39-44-51(3)4)49-60-54(57)46-41-36-31-27-22-18-14-13-17-21-25-30-35-40-45-52(5)7-2/h51-53H,6-50H2,1-5H3/t52?,53-/m1/s1. The summed E-state index contributed by atoms with van der Waals surface area (Å²) in [6.07, 6.45) is 50.8. The molecule has 0 aliphatic carbocycles. The molecule has 0 N–H and O–H groups in total. The molecule has 0 spiro atoms. The van der Waals surface area contributed by atoms with Crippen LogP contribution in [0, 0.1) is 11.8 Å². The van der Waals surface area contributed by atoms with E-state index in [0.717, 1.165) is 69.6 Å². The van der Waals surface area contributed by atoms with Gasteiger partial charge in [-0.05, 0) is 31.1 Å². The monoisotopic (exact) mass is 877 g/mol. The topological polar surface area (TPSA) is 78.9 Å². The van der Waals surface area contributed by atoms with E-state index in [1.165, 1.54) is 199 Å². The van der Waals surface area contributed by atoms with Crippen molar-refractivity contribution in [1.29, 1.82) is 0 Å². The number of unbranched alkanes of at least 4 members (excludes halogenated alkanes) is 34. The van der Waals surface area contributed by atoms with Gasteiger partial charge in [-0.3, -0.25) is 14.4 Å². The van der Waals surface area contributed by atoms with Crippen LogP contribution in [0.2, 0.25) is 0 Å². The average molecular weight is 877 g/mol. The maximum absolute atomic E-state index is 12.8. The van der Waals surface area contributed by atoms with Crippen LogP contribution in [0.3, 0.4) is 0 Å². The third-order valence-corrected chi connectivity index (χ3v) is 13.1. The molecule has 0 bridgehead atoms. The summed E-state index contributed by atoms with van der Waals surface area (Å²) in [5.74, 6) is 0.892. The fourth-order valence-corrected chi connectivity index (χ4v) is 8.49. The number of rotatable bonds is 50. The summed E-state index contributed by atoms with van der Waals surface area (Å²) in [4.78, 5) is 38.0. The summed E-state index contributed by atoms with van der Waals surface area (Å²) < 4.78 is 16.8. The van der Waals surface area contributed by atoms with Crippen LogP contribution in [0.15, 0.2) is 0 Å². The summed E-state index contributed by atoms with van der Waals surface area (Å²) in [6, 6.07) is 0. The summed E-state index contributed by atoms with van der Waals surface area (Å²) >= 11 is 0. The Hall–Kier alpha value is -1.59. The van der Waals surface area contributed by atoms with Gasteiger partial charge in [0.2, 0.25) is 0 Å². The second-order valence-electron chi connectivity index (χ2n) is 19.9. The fraction of sp³-hybridized carbons (Fsp3) is 0.946. The molecular weight excluding hydrogens is 769 g/mol. The van der Waals surface area contributed by atoms with Gasteiger partial charge in [0.1, 0.15) is 13.2 Å². The van der Waals surface area contributed by atoms with Gasteiger partial charge in [-0.2, -0.15) is 0 Å². The maximum atomic E-state index is 12.8. The molecule has 0 saturated heterocycles. The minimum Gasteiger partial charge on any atom is -0.462 e. The van der Waals surface area contributed by atoms with E-state index >= 15 is 0 Å². The number of ether oxygens (including phenoxy) is 3. The Balaban J connectivity index is 4.24. The van der Waals surface area contributed by atoms with Crippen LogP contribution in [0.1, 0.15) is 311 Å². The number of carbonyl (C=O) groups excluding carboxylic acids is 3. The van der Waals surface area contributed by atoms with Gasteiger partial charge in [-0.15, -0.1) is 0 Å². The van der Waals surface area contributed by atoms with Crippen molar-refractivity contribution in [2.75, 3.05) is 13.2 Å². The van der Waals surface area contributed by atoms with Gasteiger partial charge in [-0.25, -0.2) is 0 Å². The van der Waals surface area contributed by atoms with Crippen molar-refractivity contribution in [3.05, 3.63) is 0 Å². The third kappa shape index (κ3) is 47.9. The van der Waals surface area contributed by atoms with Crippen LogP contribution in [-0.2, 0) is 28.6 Å². The Labute approximate surface area is 387 Å². The van der Waals surface area contributed by atoms with Crippen molar-refractivity contribution in [1.82, 2.24) is 0 Å². The van der Waals surface area contributed by atoms with E-state index in [1.54, 1.807) is 0 Å². The van der Waals surface area contributed by atoms with E-state index in [-0.39, 0.29) is 31.1 Å². The Morgan fingerprint density at radius 1 is 0.339 bits per heavy atom. The molecule has 1 unspecified atom stereocenters. The van der Waals surface area contributed by atoms with Gasteiger partial charge in [0.15, 0.2) is 6.10 Å². The first-order valence-corrected chi connectivity index (χ1v) is 27.8. The number of esters is 3. The predicted molar refractivity (Wildman–Crippen MR) is 266 cm³/mol. The van der Waals surface area contributed by atoms with Crippen molar-refractivity contribution in [3.8, 4) is 0 Å². The quantitative estimate of drug-likeness (QED) is 0.0344. The van der Waals surface area contributed by atoms with E-state index < -0.39 is 6.10 Å². The zero-order valence-electron chi connectivity index (χ0n) is 42.5. The Morgan fingerprint density at radius 2 is 0.613 bits per heavy atom. The summed E-state index contributed by atoms with van der Waals surface area (Å²) in [5, 5.41) is 0. The largest absolute Gasteiger partial charge is 0.462 e. The summed E-state index contributed by atoms with van der Waals surface area (Å²) in [5.41, 5.74) is 0. The molecule has 0 saturated carbocycles. The lowest BCUT2D eigenvalue weighted by Crippen LogP contribution is -2.30. The highest BCUT2D eigenvalue weighted by molar-refractivity contribution is 5.71. The molecule has 0 fully saturated rings. The zero-order valence-corrected chi connectivity index (χ0v) is 42.5. The van der Waals surface area contributed by atoms with Crippen LogP contribution in [0.25, 0.3) is 0 Å². The molecule has 0 aromatic carbocycles. The van der Waals surface area contributed by atoms with Gasteiger partial charge in [-0.1, -0.05) is 272 Å². The van der Waals surface area contributed by atoms with Crippen LogP contribution in [0.5, 0.6) is 0 Å². The Morgan fingerprint density at radius 3 is 0.919 bits per heavy atom. The molecule has 0 aromatic rings. The predicted octanol–water partition coefficient (Wildman–Crippen LogP) is 18.1. The second kappa shape index (κ2) is 48.9. The molecular formula is C56H108O6. The van der Waals surface area contributed by atoms with E-state index in [4.69, 9.17) is 14.2 Å². The highest BCUT2D eigenvalue weighted by atomic mass is 16.6. The smallest absolute Gasteiger partial charge is 0.306 e. The van der Waals surface area contributed by atoms with E-state index in [2.05, 4.69) is 34.6 Å². The van der Waals surface area contributed by atoms with Crippen molar-refractivity contribution >= 4 is 17.9 Å². The lowest BCUT2D eigenvalue weighted by atomic mass is 9.99. The first-order chi connectivity index (χ1) is 30.3. The van der Waals surface area contributed by atoms with Gasteiger partial charge < -0.3 is 14.2 Å². The van der Waals surface area contributed by atoms with Gasteiger partial charge in [0.25, 0.3) is 0 Å². The third-order valence-electron chi connectivity index (χ3n) is 13.1. The van der Waals surface area contributed by atoms with Crippen LogP contribution >= 0.6 is 0 Å². The van der Waals surface area contributed by atoms with Crippen LogP contribution in [-0.4, -0.2) is 37.2 Å². The summed E-state index contributed by atoms with van der Waals surface area (Å²) in [6.45, 7) is 11.4. The van der Waals surface area contributed by atoms with Gasteiger partial charge >= 0.3 is 17.9 Å². The molecule has 0 aromatic heterocycles. The molecule has 2 atom stereocenters. The van der Waals surface area contributed by atoms with Crippen LogP contribution < -0.4 is 0 Å². The van der Waals surface area contributed by atoms with E-state index in [1.807, 2.05) is 0 Å². The SMILES string of the molecule is CCCCCCCCCCCCC(=O)O[C@H](COC(=O)CCCCCCCCCCCCCCCCC(C)CC)COC(=O)CCCCCCCCCCCCCCCC(C)C. The van der Waals surface area contributed by atoms with Crippen LogP contribution in [0.4, 0.5) is 0 Å². The minimum absolute atomic E-state index is 0.0631. The minimum atomic E-state index is -0.761. The van der Waals surface area contributed by atoms with Crippen molar-refractivity contribution in [2.24, 2.45) is 11.8 Å². The first-order valence-electron chi connectivity index (χ1n) is 27.8. The van der Waals surface area contributed by atoms with E-state index in [0.29, 0.717) is 19.3 Å². The Kier molecular flexibility index (Phi) is 47.6. The zero-order chi connectivity index (χ0) is 45.4. The Bertz CT molecular complexity index is 949. The number of hydrogen-bond acceptors (Lipinski definition) is 6. The fourth-order valence-electron chi connectivity index (χ4n) is 8.49. The number of hydrogen-bond donors (Lipinski definition) is 0. The average Bonchev–Trinajstić information content (AvgIpc) is 3.26. The van der Waals surface area contributed by atoms with Gasteiger partial charge in [0, 0.05) is 19.3 Å². The molecule has 6 nitrogen and oxygen atoms in total. The highest BCUT2D eigenvalue weighted by Gasteiger charge is 2.19. The van der Waals surface area contributed by atoms with Gasteiger partial charge in [0.05, 0.1) is 0 Å². The highest BCUT2D eigenvalue weighted by Crippen LogP contribution is 2.18. The van der Waals surface area contributed by atoms with Crippen molar-refractivity contribution in [3.63, 3.8) is 0 Å². The molecule has 0 amide bonds. The van der Waals surface area contributed by atoms with Crippen molar-refractivity contribution < 1.29 is 28.6 Å². The van der Waals surface area contributed by atoms with E-state index in [9.17, 15) is 14.4 Å². The maximum Gasteiger partial charge on any atom is 0.306 e. The molecule has 0 heterocycles. The molecule has 62 heavy (non-hydrogen) atoms. The molecule has 368 valence electrons. The lowest BCUT2D eigenvalue weighted by molar-refractivity contribution is -0.167. The molecule has 0 radical (unpaired) electrons. The molecule has 0 aliphatic rings.